The largest absolute Gasteiger partial charge is 0.383 e. The van der Waals surface area contributed by atoms with Crippen molar-refractivity contribution in [1.82, 2.24) is 9.36 Å². The summed E-state index contributed by atoms with van der Waals surface area (Å²) in [5.74, 6) is 1.83. The zero-order chi connectivity index (χ0) is 11.8. The van der Waals surface area contributed by atoms with Gasteiger partial charge in [0.1, 0.15) is 0 Å². The van der Waals surface area contributed by atoms with Gasteiger partial charge >= 0.3 is 0 Å². The van der Waals surface area contributed by atoms with Gasteiger partial charge in [0.05, 0.1) is 12.4 Å². The molecule has 1 atom stereocenters. The average molecular weight is 261 g/mol. The highest BCUT2D eigenvalue weighted by molar-refractivity contribution is 7.99. The topological polar surface area (TPSA) is 47.0 Å². The van der Waals surface area contributed by atoms with Gasteiger partial charge in [-0.25, -0.2) is 4.98 Å². The van der Waals surface area contributed by atoms with Gasteiger partial charge in [-0.1, -0.05) is 13.8 Å². The van der Waals surface area contributed by atoms with Crippen molar-refractivity contribution >= 4 is 28.4 Å². The molecule has 0 bridgehead atoms. The Morgan fingerprint density at radius 1 is 1.56 bits per heavy atom. The normalized spacial score (nSPS) is 12.7. The van der Waals surface area contributed by atoms with Gasteiger partial charge in [-0.3, -0.25) is 0 Å². The first kappa shape index (κ1) is 13.7. The molecule has 0 spiro atoms. The molecule has 92 valence electrons. The van der Waals surface area contributed by atoms with E-state index in [4.69, 9.17) is 4.74 Å². The van der Waals surface area contributed by atoms with Gasteiger partial charge in [0.2, 0.25) is 5.13 Å². The number of nitrogens with one attached hydrogen (secondary N) is 1. The van der Waals surface area contributed by atoms with Crippen LogP contribution >= 0.6 is 23.3 Å². The minimum absolute atomic E-state index is 0.674. The zero-order valence-electron chi connectivity index (χ0n) is 10.0. The summed E-state index contributed by atoms with van der Waals surface area (Å²) in [6, 6.07) is 0. The molecule has 0 aliphatic rings. The molecule has 0 amide bonds. The summed E-state index contributed by atoms with van der Waals surface area (Å²) in [5, 5.41) is 4.74. The van der Waals surface area contributed by atoms with Gasteiger partial charge < -0.3 is 10.1 Å². The fourth-order valence-corrected chi connectivity index (χ4v) is 2.47. The lowest BCUT2D eigenvalue weighted by Gasteiger charge is -2.04. The molecule has 0 saturated heterocycles. The average Bonchev–Trinajstić information content (AvgIpc) is 2.74. The lowest BCUT2D eigenvalue weighted by atomic mass is 10.4. The first-order valence-electron chi connectivity index (χ1n) is 5.43. The summed E-state index contributed by atoms with van der Waals surface area (Å²) in [7, 11) is 1.69. The molecule has 1 unspecified atom stereocenters. The maximum Gasteiger partial charge on any atom is 0.202 e. The number of rotatable bonds is 8. The Morgan fingerprint density at radius 2 is 2.38 bits per heavy atom. The van der Waals surface area contributed by atoms with Crippen LogP contribution < -0.4 is 5.32 Å². The Balaban J connectivity index is 2.28. The van der Waals surface area contributed by atoms with Crippen LogP contribution in [-0.4, -0.2) is 34.9 Å². The van der Waals surface area contributed by atoms with Crippen molar-refractivity contribution in [2.45, 2.75) is 31.3 Å². The van der Waals surface area contributed by atoms with E-state index in [0.29, 0.717) is 11.9 Å². The fourth-order valence-electron chi connectivity index (χ4n) is 0.979. The molecule has 1 aromatic rings. The minimum Gasteiger partial charge on any atom is -0.383 e. The van der Waals surface area contributed by atoms with Crippen molar-refractivity contribution in [3.05, 3.63) is 5.82 Å². The molecule has 1 rings (SSSR count). The molecule has 6 heteroatoms. The second-order valence-electron chi connectivity index (χ2n) is 3.47. The third kappa shape index (κ3) is 5.14. The van der Waals surface area contributed by atoms with Crippen molar-refractivity contribution < 1.29 is 4.74 Å². The van der Waals surface area contributed by atoms with E-state index in [2.05, 4.69) is 28.5 Å². The van der Waals surface area contributed by atoms with Crippen molar-refractivity contribution in [2.24, 2.45) is 0 Å². The van der Waals surface area contributed by atoms with E-state index in [-0.39, 0.29) is 0 Å². The van der Waals surface area contributed by atoms with Crippen LogP contribution in [0.15, 0.2) is 0 Å². The number of aromatic nitrogens is 2. The highest BCUT2D eigenvalue weighted by Crippen LogP contribution is 2.20. The summed E-state index contributed by atoms with van der Waals surface area (Å²) < 4.78 is 9.26. The summed E-state index contributed by atoms with van der Waals surface area (Å²) in [6.07, 6.45) is 1.19. The monoisotopic (exact) mass is 261 g/mol. The summed E-state index contributed by atoms with van der Waals surface area (Å²) in [6.45, 7) is 5.90. The summed E-state index contributed by atoms with van der Waals surface area (Å²) >= 11 is 3.32. The molecule has 0 radical (unpaired) electrons. The van der Waals surface area contributed by atoms with Crippen LogP contribution in [0.3, 0.4) is 0 Å². The predicted molar refractivity (Wildman–Crippen MR) is 71.3 cm³/mol. The summed E-state index contributed by atoms with van der Waals surface area (Å²) in [4.78, 5) is 4.41. The van der Waals surface area contributed by atoms with Crippen LogP contribution in [0, 0.1) is 0 Å². The predicted octanol–water partition coefficient (Wildman–Crippen LogP) is 2.63. The maximum absolute atomic E-state index is 4.95. The minimum atomic E-state index is 0.674. The molecule has 1 N–H and O–H groups in total. The number of ether oxygens (including phenoxy) is 1. The van der Waals surface area contributed by atoms with Gasteiger partial charge in [0.25, 0.3) is 0 Å². The molecular weight excluding hydrogens is 242 g/mol. The first-order chi connectivity index (χ1) is 7.76. The third-order valence-corrected chi connectivity index (χ3v) is 4.16. The lowest BCUT2D eigenvalue weighted by molar-refractivity contribution is 0.211. The molecule has 16 heavy (non-hydrogen) atoms. The van der Waals surface area contributed by atoms with E-state index in [9.17, 15) is 0 Å². The molecule has 0 aromatic carbocycles. The van der Waals surface area contributed by atoms with E-state index < -0.39 is 0 Å². The van der Waals surface area contributed by atoms with Crippen molar-refractivity contribution in [3.63, 3.8) is 0 Å². The van der Waals surface area contributed by atoms with Gasteiger partial charge in [0.15, 0.2) is 5.82 Å². The molecule has 1 aromatic heterocycles. The standard InChI is InChI=1S/C10H19N3OS2/c1-4-8(2)15-7-9-12-10(16-13-9)11-5-6-14-3/h8H,4-7H2,1-3H3,(H,11,12,13). The smallest absolute Gasteiger partial charge is 0.202 e. The highest BCUT2D eigenvalue weighted by Gasteiger charge is 2.05. The van der Waals surface area contributed by atoms with E-state index in [1.807, 2.05) is 11.8 Å². The first-order valence-corrected chi connectivity index (χ1v) is 7.25. The second kappa shape index (κ2) is 7.86. The Bertz CT molecular complexity index is 293. The molecular formula is C10H19N3OS2. The Kier molecular flexibility index (Phi) is 6.75. The van der Waals surface area contributed by atoms with Crippen LogP contribution in [0.2, 0.25) is 0 Å². The van der Waals surface area contributed by atoms with Crippen LogP contribution in [0.5, 0.6) is 0 Å². The van der Waals surface area contributed by atoms with E-state index in [0.717, 1.165) is 23.3 Å². The van der Waals surface area contributed by atoms with Crippen LogP contribution in [0.25, 0.3) is 0 Å². The number of methoxy groups -OCH3 is 1. The molecule has 0 aliphatic heterocycles. The van der Waals surface area contributed by atoms with Crippen molar-refractivity contribution in [3.8, 4) is 0 Å². The molecule has 0 saturated carbocycles. The highest BCUT2D eigenvalue weighted by atomic mass is 32.2. The molecule has 1 heterocycles. The van der Waals surface area contributed by atoms with Gasteiger partial charge in [0, 0.05) is 30.4 Å². The number of nitrogens with zero attached hydrogens (tertiary/aromatic N) is 2. The maximum atomic E-state index is 4.95. The number of anilines is 1. The van der Waals surface area contributed by atoms with E-state index >= 15 is 0 Å². The quantitative estimate of drug-likeness (QED) is 0.729. The SMILES string of the molecule is CCC(C)SCc1nsc(NCCOC)n1. The van der Waals surface area contributed by atoms with E-state index in [1.165, 1.54) is 18.0 Å². The Morgan fingerprint density at radius 3 is 3.06 bits per heavy atom. The Labute approximate surface area is 105 Å². The number of thioether (sulfide) groups is 1. The van der Waals surface area contributed by atoms with Crippen molar-refractivity contribution in [1.29, 1.82) is 0 Å². The van der Waals surface area contributed by atoms with Gasteiger partial charge in [-0.15, -0.1) is 0 Å². The van der Waals surface area contributed by atoms with Crippen LogP contribution in [0.4, 0.5) is 5.13 Å². The summed E-state index contributed by atoms with van der Waals surface area (Å²) in [5.41, 5.74) is 0. The van der Waals surface area contributed by atoms with Gasteiger partial charge in [-0.05, 0) is 6.42 Å². The molecule has 0 fully saturated rings. The van der Waals surface area contributed by atoms with Gasteiger partial charge in [-0.2, -0.15) is 16.1 Å². The lowest BCUT2D eigenvalue weighted by Crippen LogP contribution is -2.07. The molecule has 4 nitrogen and oxygen atoms in total. The molecule has 0 aliphatic carbocycles. The number of hydrogen-bond donors (Lipinski definition) is 1. The second-order valence-corrected chi connectivity index (χ2v) is 5.64. The van der Waals surface area contributed by atoms with Crippen molar-refractivity contribution in [2.75, 3.05) is 25.6 Å². The van der Waals surface area contributed by atoms with Crippen LogP contribution in [-0.2, 0) is 10.5 Å². The Hall–Kier alpha value is -0.330. The fraction of sp³-hybridized carbons (Fsp3) is 0.800. The van der Waals surface area contributed by atoms with Crippen LogP contribution in [0.1, 0.15) is 26.1 Å². The number of hydrogen-bond acceptors (Lipinski definition) is 6. The zero-order valence-corrected chi connectivity index (χ0v) is 11.7. The third-order valence-electron chi connectivity index (χ3n) is 2.12. The van der Waals surface area contributed by atoms with E-state index in [1.54, 1.807) is 7.11 Å².